The molecule has 0 aliphatic heterocycles. The summed E-state index contributed by atoms with van der Waals surface area (Å²) in [6.07, 6.45) is -0.562. The van der Waals surface area contributed by atoms with Crippen molar-refractivity contribution < 1.29 is 5.11 Å². The van der Waals surface area contributed by atoms with Gasteiger partial charge in [0.05, 0.1) is 0 Å². The van der Waals surface area contributed by atoms with Crippen LogP contribution < -0.4 is 0 Å². The quantitative estimate of drug-likeness (QED) is 0.881. The highest BCUT2D eigenvalue weighted by Gasteiger charge is 2.13. The fraction of sp³-hybridized carbons (Fsp3) is 0.200. The van der Waals surface area contributed by atoms with E-state index in [1.807, 2.05) is 56.3 Å². The van der Waals surface area contributed by atoms with Gasteiger partial charge in [0.25, 0.3) is 0 Å². The molecule has 0 saturated heterocycles. The molecule has 0 aromatic heterocycles. The number of hydrogen-bond donors (Lipinski definition) is 1. The summed E-state index contributed by atoms with van der Waals surface area (Å²) in [5.74, 6) is 0. The van der Waals surface area contributed by atoms with Gasteiger partial charge in [-0.2, -0.15) is 0 Å². The van der Waals surface area contributed by atoms with Gasteiger partial charge in [-0.15, -0.1) is 0 Å². The maximum atomic E-state index is 10.4. The average Bonchev–Trinajstić information content (AvgIpc) is 2.33. The Morgan fingerprint density at radius 2 is 1.65 bits per heavy atom. The maximum absolute atomic E-state index is 10.4. The lowest BCUT2D eigenvalue weighted by atomic mass is 9.97. The first kappa shape index (κ1) is 12.3. The van der Waals surface area contributed by atoms with Crippen molar-refractivity contribution in [2.24, 2.45) is 0 Å². The van der Waals surface area contributed by atoms with Gasteiger partial charge in [0.2, 0.25) is 0 Å². The van der Waals surface area contributed by atoms with Gasteiger partial charge in [0.15, 0.2) is 0 Å². The first-order valence-electron chi connectivity index (χ1n) is 5.59. The summed E-state index contributed by atoms with van der Waals surface area (Å²) in [7, 11) is 0. The zero-order valence-corrected chi connectivity index (χ0v) is 11.5. The number of aliphatic hydroxyl groups is 1. The molecular formula is C15H15BrO. The third kappa shape index (κ3) is 2.59. The minimum Gasteiger partial charge on any atom is -0.384 e. The van der Waals surface area contributed by atoms with Crippen molar-refractivity contribution in [3.8, 4) is 0 Å². The summed E-state index contributed by atoms with van der Waals surface area (Å²) in [5.41, 5.74) is 4.16. The average molecular weight is 291 g/mol. The van der Waals surface area contributed by atoms with E-state index in [1.165, 1.54) is 5.56 Å². The van der Waals surface area contributed by atoms with Gasteiger partial charge in [-0.05, 0) is 36.6 Å². The van der Waals surface area contributed by atoms with E-state index < -0.39 is 6.10 Å². The summed E-state index contributed by atoms with van der Waals surface area (Å²) in [6.45, 7) is 4.05. The Balaban J connectivity index is 2.40. The van der Waals surface area contributed by atoms with Crippen molar-refractivity contribution in [3.05, 3.63) is 69.2 Å². The van der Waals surface area contributed by atoms with Crippen LogP contribution >= 0.6 is 15.9 Å². The molecule has 1 unspecified atom stereocenters. The van der Waals surface area contributed by atoms with Gasteiger partial charge in [0.1, 0.15) is 6.10 Å². The summed E-state index contributed by atoms with van der Waals surface area (Å²) in [6, 6.07) is 13.9. The molecule has 1 nitrogen and oxygen atoms in total. The van der Waals surface area contributed by atoms with E-state index >= 15 is 0 Å². The molecule has 0 fully saturated rings. The van der Waals surface area contributed by atoms with Gasteiger partial charge in [-0.25, -0.2) is 0 Å². The van der Waals surface area contributed by atoms with Crippen LogP contribution in [0.1, 0.15) is 28.4 Å². The molecule has 1 atom stereocenters. The molecule has 2 aromatic carbocycles. The Kier molecular flexibility index (Phi) is 3.65. The topological polar surface area (TPSA) is 20.2 Å². The molecule has 88 valence electrons. The highest BCUT2D eigenvalue weighted by Crippen LogP contribution is 2.28. The lowest BCUT2D eigenvalue weighted by Crippen LogP contribution is -2.02. The normalized spacial score (nSPS) is 12.5. The second-order valence-corrected chi connectivity index (χ2v) is 5.12. The Morgan fingerprint density at radius 3 is 2.29 bits per heavy atom. The molecular weight excluding hydrogens is 276 g/mol. The monoisotopic (exact) mass is 290 g/mol. The predicted molar refractivity (Wildman–Crippen MR) is 74.1 cm³/mol. The molecule has 0 spiro atoms. The molecule has 0 bridgehead atoms. The van der Waals surface area contributed by atoms with Crippen LogP contribution in [0.15, 0.2) is 46.9 Å². The molecule has 0 radical (unpaired) electrons. The minimum atomic E-state index is -0.562. The predicted octanol–water partition coefficient (Wildman–Crippen LogP) is 4.15. The first-order chi connectivity index (χ1) is 8.09. The van der Waals surface area contributed by atoms with E-state index in [-0.39, 0.29) is 0 Å². The second kappa shape index (κ2) is 5.03. The van der Waals surface area contributed by atoms with Crippen molar-refractivity contribution in [1.82, 2.24) is 0 Å². The van der Waals surface area contributed by atoms with Gasteiger partial charge < -0.3 is 5.11 Å². The zero-order valence-electron chi connectivity index (χ0n) is 9.94. The van der Waals surface area contributed by atoms with E-state index in [1.54, 1.807) is 0 Å². The Labute approximate surface area is 110 Å². The number of halogens is 1. The van der Waals surface area contributed by atoms with Crippen molar-refractivity contribution in [2.45, 2.75) is 20.0 Å². The molecule has 2 aromatic rings. The molecule has 17 heavy (non-hydrogen) atoms. The molecule has 2 rings (SSSR count). The number of aryl methyl sites for hydroxylation is 1. The van der Waals surface area contributed by atoms with E-state index in [4.69, 9.17) is 0 Å². The SMILES string of the molecule is Cc1ccc(C(O)c2cccc(Br)c2C)cc1. The molecule has 0 aliphatic rings. The zero-order chi connectivity index (χ0) is 12.4. The van der Waals surface area contributed by atoms with Crippen LogP contribution in [0.5, 0.6) is 0 Å². The third-order valence-electron chi connectivity index (χ3n) is 3.00. The van der Waals surface area contributed by atoms with Crippen LogP contribution in [0.2, 0.25) is 0 Å². The van der Waals surface area contributed by atoms with Crippen LogP contribution in [0.3, 0.4) is 0 Å². The second-order valence-electron chi connectivity index (χ2n) is 4.27. The molecule has 0 heterocycles. The Morgan fingerprint density at radius 1 is 1.00 bits per heavy atom. The smallest absolute Gasteiger partial charge is 0.104 e. The summed E-state index contributed by atoms with van der Waals surface area (Å²) in [4.78, 5) is 0. The summed E-state index contributed by atoms with van der Waals surface area (Å²) < 4.78 is 1.03. The first-order valence-corrected chi connectivity index (χ1v) is 6.38. The van der Waals surface area contributed by atoms with Gasteiger partial charge in [0, 0.05) is 4.47 Å². The van der Waals surface area contributed by atoms with Crippen molar-refractivity contribution >= 4 is 15.9 Å². The van der Waals surface area contributed by atoms with Gasteiger partial charge >= 0.3 is 0 Å². The van der Waals surface area contributed by atoms with Crippen molar-refractivity contribution in [2.75, 3.05) is 0 Å². The molecule has 2 heteroatoms. The van der Waals surface area contributed by atoms with Crippen LogP contribution in [-0.4, -0.2) is 5.11 Å². The number of hydrogen-bond acceptors (Lipinski definition) is 1. The number of rotatable bonds is 2. The Bertz CT molecular complexity index is 517. The largest absolute Gasteiger partial charge is 0.384 e. The van der Waals surface area contributed by atoms with Crippen LogP contribution in [-0.2, 0) is 0 Å². The van der Waals surface area contributed by atoms with Crippen LogP contribution in [0, 0.1) is 13.8 Å². The lowest BCUT2D eigenvalue weighted by Gasteiger charge is -2.15. The van der Waals surface area contributed by atoms with Crippen LogP contribution in [0.25, 0.3) is 0 Å². The Hall–Kier alpha value is -1.12. The molecule has 0 saturated carbocycles. The number of aliphatic hydroxyl groups excluding tert-OH is 1. The molecule has 1 N–H and O–H groups in total. The van der Waals surface area contributed by atoms with Gasteiger partial charge in [-0.1, -0.05) is 57.9 Å². The van der Waals surface area contributed by atoms with E-state index in [9.17, 15) is 5.11 Å². The fourth-order valence-electron chi connectivity index (χ4n) is 1.85. The fourth-order valence-corrected chi connectivity index (χ4v) is 2.23. The lowest BCUT2D eigenvalue weighted by molar-refractivity contribution is 0.219. The van der Waals surface area contributed by atoms with E-state index in [0.717, 1.165) is 21.2 Å². The maximum Gasteiger partial charge on any atom is 0.104 e. The minimum absolute atomic E-state index is 0.562. The number of benzene rings is 2. The highest BCUT2D eigenvalue weighted by atomic mass is 79.9. The van der Waals surface area contributed by atoms with Crippen molar-refractivity contribution in [1.29, 1.82) is 0 Å². The van der Waals surface area contributed by atoms with Gasteiger partial charge in [-0.3, -0.25) is 0 Å². The van der Waals surface area contributed by atoms with E-state index in [2.05, 4.69) is 15.9 Å². The standard InChI is InChI=1S/C15H15BrO/c1-10-6-8-12(9-7-10)15(17)13-4-3-5-14(16)11(13)2/h3-9,15,17H,1-2H3. The molecule has 0 aliphatic carbocycles. The molecule has 0 amide bonds. The van der Waals surface area contributed by atoms with E-state index in [0.29, 0.717) is 0 Å². The summed E-state index contributed by atoms with van der Waals surface area (Å²) in [5, 5.41) is 10.4. The van der Waals surface area contributed by atoms with Crippen molar-refractivity contribution in [3.63, 3.8) is 0 Å². The van der Waals surface area contributed by atoms with Crippen LogP contribution in [0.4, 0.5) is 0 Å². The summed E-state index contributed by atoms with van der Waals surface area (Å²) >= 11 is 3.49. The third-order valence-corrected chi connectivity index (χ3v) is 3.86. The highest BCUT2D eigenvalue weighted by molar-refractivity contribution is 9.10.